The number of hydrazine groups is 1. The van der Waals surface area contributed by atoms with Gasteiger partial charge in [-0.05, 0) is 48.9 Å². The molecule has 5 heteroatoms. The molecule has 0 radical (unpaired) electrons. The van der Waals surface area contributed by atoms with Crippen LogP contribution in [0.1, 0.15) is 22.9 Å². The maximum atomic E-state index is 6.08. The van der Waals surface area contributed by atoms with Gasteiger partial charge in [-0.15, -0.1) is 0 Å². The summed E-state index contributed by atoms with van der Waals surface area (Å²) in [6, 6.07) is 13.4. The van der Waals surface area contributed by atoms with Crippen molar-refractivity contribution in [2.75, 3.05) is 0 Å². The lowest BCUT2D eigenvalue weighted by atomic mass is 10.0. The van der Waals surface area contributed by atoms with Crippen LogP contribution in [0.15, 0.2) is 51.4 Å². The lowest BCUT2D eigenvalue weighted by Gasteiger charge is -2.15. The third-order valence-corrected chi connectivity index (χ3v) is 4.37. The summed E-state index contributed by atoms with van der Waals surface area (Å²) < 4.78 is 6.84. The van der Waals surface area contributed by atoms with Gasteiger partial charge in [0.2, 0.25) is 0 Å². The quantitative estimate of drug-likeness (QED) is 0.522. The number of fused-ring (bicyclic) bond motifs is 1. The van der Waals surface area contributed by atoms with Crippen molar-refractivity contribution in [1.82, 2.24) is 5.43 Å². The molecule has 0 bridgehead atoms. The molecule has 0 amide bonds. The molecule has 1 unspecified atom stereocenters. The van der Waals surface area contributed by atoms with E-state index >= 15 is 0 Å². The molecule has 108 valence electrons. The molecule has 1 heterocycles. The van der Waals surface area contributed by atoms with Gasteiger partial charge in [-0.1, -0.05) is 39.2 Å². The van der Waals surface area contributed by atoms with E-state index in [9.17, 15) is 0 Å². The molecule has 3 nitrogen and oxygen atoms in total. The van der Waals surface area contributed by atoms with Gasteiger partial charge in [-0.3, -0.25) is 5.84 Å². The molecule has 0 saturated carbocycles. The number of halogens is 2. The predicted molar refractivity (Wildman–Crippen MR) is 89.3 cm³/mol. The molecule has 2 aromatic carbocycles. The van der Waals surface area contributed by atoms with Crippen molar-refractivity contribution in [3.05, 3.63) is 68.8 Å². The van der Waals surface area contributed by atoms with Crippen LogP contribution in [-0.4, -0.2) is 0 Å². The van der Waals surface area contributed by atoms with Crippen LogP contribution in [0.25, 0.3) is 11.0 Å². The molecule has 0 aliphatic carbocycles. The van der Waals surface area contributed by atoms with Crippen molar-refractivity contribution in [3.8, 4) is 0 Å². The van der Waals surface area contributed by atoms with Crippen molar-refractivity contribution in [3.63, 3.8) is 0 Å². The molecule has 3 N–H and O–H groups in total. The zero-order valence-corrected chi connectivity index (χ0v) is 13.7. The molecule has 0 aliphatic rings. The Labute approximate surface area is 136 Å². The molecule has 0 saturated heterocycles. The van der Waals surface area contributed by atoms with E-state index < -0.39 is 0 Å². The second-order valence-electron chi connectivity index (χ2n) is 4.96. The van der Waals surface area contributed by atoms with Gasteiger partial charge in [-0.2, -0.15) is 0 Å². The van der Waals surface area contributed by atoms with Crippen molar-refractivity contribution >= 4 is 38.5 Å². The van der Waals surface area contributed by atoms with Crippen LogP contribution in [0, 0.1) is 6.92 Å². The Morgan fingerprint density at radius 1 is 1.19 bits per heavy atom. The molecular formula is C16H14BrClN2O. The number of rotatable bonds is 3. The smallest absolute Gasteiger partial charge is 0.134 e. The van der Waals surface area contributed by atoms with Crippen molar-refractivity contribution in [1.29, 1.82) is 0 Å². The largest absolute Gasteiger partial charge is 0.459 e. The minimum absolute atomic E-state index is 0.272. The normalized spacial score (nSPS) is 12.8. The van der Waals surface area contributed by atoms with Gasteiger partial charge in [0.15, 0.2) is 0 Å². The Morgan fingerprint density at radius 2 is 2.00 bits per heavy atom. The van der Waals surface area contributed by atoms with Crippen molar-refractivity contribution in [2.45, 2.75) is 13.0 Å². The molecule has 21 heavy (non-hydrogen) atoms. The fourth-order valence-electron chi connectivity index (χ4n) is 2.39. The first kappa shape index (κ1) is 14.6. The fraction of sp³-hybridized carbons (Fsp3) is 0.125. The van der Waals surface area contributed by atoms with Gasteiger partial charge in [0.25, 0.3) is 0 Å². The highest BCUT2D eigenvalue weighted by atomic mass is 79.9. The maximum Gasteiger partial charge on any atom is 0.134 e. The summed E-state index contributed by atoms with van der Waals surface area (Å²) in [6.45, 7) is 2.05. The zero-order valence-electron chi connectivity index (χ0n) is 11.4. The van der Waals surface area contributed by atoms with Crippen LogP contribution >= 0.6 is 27.5 Å². The Balaban J connectivity index is 2.11. The first-order chi connectivity index (χ1) is 10.1. The minimum Gasteiger partial charge on any atom is -0.459 e. The average molecular weight is 366 g/mol. The first-order valence-electron chi connectivity index (χ1n) is 6.49. The van der Waals surface area contributed by atoms with E-state index in [1.807, 2.05) is 36.4 Å². The average Bonchev–Trinajstić information content (AvgIpc) is 2.86. The van der Waals surface area contributed by atoms with E-state index in [-0.39, 0.29) is 6.04 Å². The molecule has 0 fully saturated rings. The third kappa shape index (κ3) is 2.85. The Bertz CT molecular complexity index is 800. The zero-order chi connectivity index (χ0) is 15.0. The summed E-state index contributed by atoms with van der Waals surface area (Å²) >= 11 is 9.61. The minimum atomic E-state index is -0.272. The third-order valence-electron chi connectivity index (χ3n) is 3.41. The molecule has 1 aromatic heterocycles. The second-order valence-corrected chi connectivity index (χ2v) is 6.25. The van der Waals surface area contributed by atoms with Crippen LogP contribution in [0.2, 0.25) is 5.02 Å². The van der Waals surface area contributed by atoms with E-state index in [0.29, 0.717) is 5.02 Å². The van der Waals surface area contributed by atoms with E-state index in [2.05, 4.69) is 34.3 Å². The van der Waals surface area contributed by atoms with Crippen LogP contribution in [0.5, 0.6) is 0 Å². The van der Waals surface area contributed by atoms with E-state index in [1.165, 1.54) is 5.56 Å². The maximum absolute atomic E-state index is 6.08. The Kier molecular flexibility index (Phi) is 4.04. The summed E-state index contributed by atoms with van der Waals surface area (Å²) in [5.41, 5.74) is 5.76. The van der Waals surface area contributed by atoms with Gasteiger partial charge in [-0.25, -0.2) is 5.43 Å². The van der Waals surface area contributed by atoms with Crippen LogP contribution in [-0.2, 0) is 0 Å². The number of aryl methyl sites for hydroxylation is 1. The van der Waals surface area contributed by atoms with Crippen LogP contribution in [0.4, 0.5) is 0 Å². The monoisotopic (exact) mass is 364 g/mol. The lowest BCUT2D eigenvalue weighted by Crippen LogP contribution is -2.28. The predicted octanol–water partition coefficient (Wildman–Crippen LogP) is 4.71. The molecule has 3 aromatic rings. The summed E-state index contributed by atoms with van der Waals surface area (Å²) in [4.78, 5) is 0. The SMILES string of the molecule is Cc1ccc2oc(C(NN)c3cc(Cl)ccc3Br)cc2c1. The number of furan rings is 1. The fourth-order valence-corrected chi connectivity index (χ4v) is 3.04. The van der Waals surface area contributed by atoms with Gasteiger partial charge in [0.1, 0.15) is 17.4 Å². The molecule has 0 spiro atoms. The van der Waals surface area contributed by atoms with Crippen molar-refractivity contribution < 1.29 is 4.42 Å². The van der Waals surface area contributed by atoms with Crippen LogP contribution < -0.4 is 11.3 Å². The Morgan fingerprint density at radius 3 is 2.76 bits per heavy atom. The van der Waals surface area contributed by atoms with E-state index in [4.69, 9.17) is 21.9 Å². The summed E-state index contributed by atoms with van der Waals surface area (Å²) in [5, 5.41) is 1.71. The molecule has 1 atom stereocenters. The summed E-state index contributed by atoms with van der Waals surface area (Å²) in [5.74, 6) is 6.48. The highest BCUT2D eigenvalue weighted by Gasteiger charge is 2.20. The van der Waals surface area contributed by atoms with Gasteiger partial charge in [0, 0.05) is 14.9 Å². The number of nitrogens with two attached hydrogens (primary N) is 1. The topological polar surface area (TPSA) is 51.2 Å². The highest BCUT2D eigenvalue weighted by molar-refractivity contribution is 9.10. The number of hydrogen-bond donors (Lipinski definition) is 2. The van der Waals surface area contributed by atoms with E-state index in [1.54, 1.807) is 0 Å². The number of hydrogen-bond acceptors (Lipinski definition) is 3. The van der Waals surface area contributed by atoms with Crippen molar-refractivity contribution in [2.24, 2.45) is 5.84 Å². The highest BCUT2D eigenvalue weighted by Crippen LogP contribution is 2.33. The van der Waals surface area contributed by atoms with Gasteiger partial charge >= 0.3 is 0 Å². The standard InChI is InChI=1S/C16H14BrClN2O/c1-9-2-5-14-10(6-9)7-15(21-14)16(20-19)12-8-11(18)3-4-13(12)17/h2-8,16,20H,19H2,1H3. The lowest BCUT2D eigenvalue weighted by molar-refractivity contribution is 0.476. The molecule has 3 rings (SSSR count). The Hall–Kier alpha value is -1.33. The van der Waals surface area contributed by atoms with Crippen LogP contribution in [0.3, 0.4) is 0 Å². The second kappa shape index (κ2) is 5.81. The molecule has 0 aliphatic heterocycles. The van der Waals surface area contributed by atoms with Gasteiger partial charge < -0.3 is 4.42 Å². The summed E-state index contributed by atoms with van der Waals surface area (Å²) in [7, 11) is 0. The number of benzene rings is 2. The first-order valence-corrected chi connectivity index (χ1v) is 7.67. The summed E-state index contributed by atoms with van der Waals surface area (Å²) in [6.07, 6.45) is 0. The van der Waals surface area contributed by atoms with E-state index in [0.717, 1.165) is 26.8 Å². The number of nitrogens with one attached hydrogen (secondary N) is 1. The molecular weight excluding hydrogens is 352 g/mol. The van der Waals surface area contributed by atoms with Gasteiger partial charge in [0.05, 0.1) is 0 Å².